The minimum atomic E-state index is -0.379. The zero-order chi connectivity index (χ0) is 24.4. The van der Waals surface area contributed by atoms with Crippen LogP contribution in [0.25, 0.3) is 5.57 Å². The fraction of sp³-hybridized carbons (Fsp3) is 0.241. The van der Waals surface area contributed by atoms with Crippen molar-refractivity contribution in [2.24, 2.45) is 0 Å². The molecule has 2 heterocycles. The van der Waals surface area contributed by atoms with E-state index in [1.807, 2.05) is 43.3 Å². The molecule has 0 aliphatic carbocycles. The van der Waals surface area contributed by atoms with E-state index in [1.165, 1.54) is 29.8 Å². The standard InChI is InChI=1S/C29H29N3O3/c1-20-6-8-21(9-7-20)26-27(29(34)32(28(26)33)24-14-16-25(35-2)17-15-24)30-22-10-12-23(13-11-22)31-18-4-3-5-19-31/h6-17,30H,3-5,18-19H2,1-2H3. The monoisotopic (exact) mass is 467 g/mol. The SMILES string of the molecule is COc1ccc(N2C(=O)C(Nc3ccc(N4CCCCC4)cc3)=C(c3ccc(C)cc3)C2=O)cc1. The number of amides is 2. The Morgan fingerprint density at radius 3 is 2.00 bits per heavy atom. The molecular formula is C29H29N3O3. The molecule has 5 rings (SSSR count). The van der Waals surface area contributed by atoms with E-state index < -0.39 is 0 Å². The highest BCUT2D eigenvalue weighted by Gasteiger charge is 2.40. The summed E-state index contributed by atoms with van der Waals surface area (Å²) in [5.74, 6) is -0.0704. The van der Waals surface area contributed by atoms with Gasteiger partial charge in [0.05, 0.1) is 18.4 Å². The lowest BCUT2D eigenvalue weighted by molar-refractivity contribution is -0.120. The van der Waals surface area contributed by atoms with Gasteiger partial charge in [0.2, 0.25) is 0 Å². The summed E-state index contributed by atoms with van der Waals surface area (Å²) in [6.45, 7) is 4.13. The lowest BCUT2D eigenvalue weighted by atomic mass is 10.0. The summed E-state index contributed by atoms with van der Waals surface area (Å²) in [4.78, 5) is 30.8. The maximum Gasteiger partial charge on any atom is 0.282 e. The van der Waals surface area contributed by atoms with E-state index in [1.54, 1.807) is 31.4 Å². The summed E-state index contributed by atoms with van der Waals surface area (Å²) in [6, 6.07) is 22.7. The summed E-state index contributed by atoms with van der Waals surface area (Å²) < 4.78 is 5.23. The summed E-state index contributed by atoms with van der Waals surface area (Å²) >= 11 is 0. The van der Waals surface area contributed by atoms with Crippen LogP contribution in [0, 0.1) is 6.92 Å². The zero-order valence-corrected chi connectivity index (χ0v) is 20.1. The van der Waals surface area contributed by atoms with E-state index >= 15 is 0 Å². The van der Waals surface area contributed by atoms with Crippen LogP contribution < -0.4 is 19.9 Å². The Bertz CT molecular complexity index is 1260. The van der Waals surface area contributed by atoms with Crippen molar-refractivity contribution in [3.8, 4) is 5.75 Å². The molecule has 35 heavy (non-hydrogen) atoms. The first-order valence-electron chi connectivity index (χ1n) is 12.0. The lowest BCUT2D eigenvalue weighted by Gasteiger charge is -2.28. The molecule has 0 bridgehead atoms. The van der Waals surface area contributed by atoms with Gasteiger partial charge in [0, 0.05) is 24.5 Å². The number of rotatable bonds is 6. The Balaban J connectivity index is 1.48. The molecule has 2 aliphatic rings. The number of piperidine rings is 1. The van der Waals surface area contributed by atoms with Crippen LogP contribution in [0.5, 0.6) is 5.75 Å². The fourth-order valence-corrected chi connectivity index (χ4v) is 4.65. The molecule has 3 aromatic rings. The predicted octanol–water partition coefficient (Wildman–Crippen LogP) is 5.39. The molecule has 2 aliphatic heterocycles. The Kier molecular flexibility index (Phi) is 6.27. The predicted molar refractivity (Wildman–Crippen MR) is 140 cm³/mol. The largest absolute Gasteiger partial charge is 0.497 e. The smallest absolute Gasteiger partial charge is 0.282 e. The van der Waals surface area contributed by atoms with Gasteiger partial charge in [-0.15, -0.1) is 0 Å². The van der Waals surface area contributed by atoms with E-state index in [0.717, 1.165) is 24.3 Å². The van der Waals surface area contributed by atoms with Crippen molar-refractivity contribution in [2.45, 2.75) is 26.2 Å². The minimum absolute atomic E-state index is 0.278. The van der Waals surface area contributed by atoms with Crippen molar-refractivity contribution in [1.82, 2.24) is 0 Å². The first kappa shape index (κ1) is 22.7. The van der Waals surface area contributed by atoms with Gasteiger partial charge in [0.15, 0.2) is 0 Å². The molecule has 0 atom stereocenters. The molecule has 0 saturated carbocycles. The third-order valence-electron chi connectivity index (χ3n) is 6.61. The van der Waals surface area contributed by atoms with Crippen molar-refractivity contribution >= 4 is 34.4 Å². The molecular weight excluding hydrogens is 438 g/mol. The maximum atomic E-state index is 13.6. The summed E-state index contributed by atoms with van der Waals surface area (Å²) in [5, 5.41) is 3.26. The quantitative estimate of drug-likeness (QED) is 0.493. The second kappa shape index (κ2) is 9.66. The molecule has 6 nitrogen and oxygen atoms in total. The molecule has 3 aromatic carbocycles. The van der Waals surface area contributed by atoms with Gasteiger partial charge in [-0.25, -0.2) is 4.90 Å². The third kappa shape index (κ3) is 4.52. The van der Waals surface area contributed by atoms with Crippen molar-refractivity contribution in [1.29, 1.82) is 0 Å². The van der Waals surface area contributed by atoms with E-state index in [4.69, 9.17) is 4.74 Å². The lowest BCUT2D eigenvalue weighted by Crippen LogP contribution is -2.32. The molecule has 0 aromatic heterocycles. The van der Waals surface area contributed by atoms with E-state index in [9.17, 15) is 9.59 Å². The summed E-state index contributed by atoms with van der Waals surface area (Å²) in [7, 11) is 1.58. The molecule has 1 N–H and O–H groups in total. The third-order valence-corrected chi connectivity index (χ3v) is 6.61. The summed E-state index contributed by atoms with van der Waals surface area (Å²) in [6.07, 6.45) is 3.71. The fourth-order valence-electron chi connectivity index (χ4n) is 4.65. The number of imide groups is 1. The Morgan fingerprint density at radius 2 is 1.37 bits per heavy atom. The van der Waals surface area contributed by atoms with Crippen molar-refractivity contribution < 1.29 is 14.3 Å². The van der Waals surface area contributed by atoms with Gasteiger partial charge in [0.1, 0.15) is 11.4 Å². The van der Waals surface area contributed by atoms with Gasteiger partial charge in [-0.1, -0.05) is 29.8 Å². The van der Waals surface area contributed by atoms with Crippen molar-refractivity contribution in [2.75, 3.05) is 35.3 Å². The maximum absolute atomic E-state index is 13.6. The normalized spacial score (nSPS) is 16.2. The van der Waals surface area contributed by atoms with Crippen LogP contribution in [0.4, 0.5) is 17.1 Å². The molecule has 1 saturated heterocycles. The van der Waals surface area contributed by atoms with Crippen molar-refractivity contribution in [3.05, 3.63) is 89.6 Å². The van der Waals surface area contributed by atoms with Crippen LogP contribution in [-0.2, 0) is 9.59 Å². The Labute approximate surface area is 205 Å². The van der Waals surface area contributed by atoms with Gasteiger partial charge in [-0.2, -0.15) is 0 Å². The van der Waals surface area contributed by atoms with Gasteiger partial charge in [-0.05, 0) is 80.3 Å². The van der Waals surface area contributed by atoms with Crippen LogP contribution in [0.2, 0.25) is 0 Å². The zero-order valence-electron chi connectivity index (χ0n) is 20.1. The van der Waals surface area contributed by atoms with Crippen LogP contribution in [0.15, 0.2) is 78.5 Å². The first-order chi connectivity index (χ1) is 17.0. The number of methoxy groups -OCH3 is 1. The average molecular weight is 468 g/mol. The van der Waals surface area contributed by atoms with Gasteiger partial charge in [0.25, 0.3) is 11.8 Å². The number of hydrogen-bond acceptors (Lipinski definition) is 5. The highest BCUT2D eigenvalue weighted by atomic mass is 16.5. The van der Waals surface area contributed by atoms with Crippen LogP contribution in [-0.4, -0.2) is 32.0 Å². The molecule has 178 valence electrons. The van der Waals surface area contributed by atoms with Crippen LogP contribution >= 0.6 is 0 Å². The number of carbonyl (C=O) groups excluding carboxylic acids is 2. The topological polar surface area (TPSA) is 61.9 Å². The molecule has 6 heteroatoms. The number of ether oxygens (including phenoxy) is 1. The number of anilines is 3. The van der Waals surface area contributed by atoms with E-state index in [2.05, 4.69) is 22.3 Å². The average Bonchev–Trinajstić information content (AvgIpc) is 3.14. The highest BCUT2D eigenvalue weighted by molar-refractivity contribution is 6.46. The van der Waals surface area contributed by atoms with Crippen molar-refractivity contribution in [3.63, 3.8) is 0 Å². The van der Waals surface area contributed by atoms with E-state index in [0.29, 0.717) is 22.6 Å². The molecule has 2 amide bonds. The number of nitrogens with one attached hydrogen (secondary N) is 1. The minimum Gasteiger partial charge on any atom is -0.497 e. The number of aryl methyl sites for hydroxylation is 1. The number of nitrogens with zero attached hydrogens (tertiary/aromatic N) is 2. The molecule has 1 fully saturated rings. The molecule has 0 unspecified atom stereocenters. The second-order valence-corrected chi connectivity index (χ2v) is 8.98. The first-order valence-corrected chi connectivity index (χ1v) is 12.0. The second-order valence-electron chi connectivity index (χ2n) is 8.98. The number of carbonyl (C=O) groups is 2. The van der Waals surface area contributed by atoms with Gasteiger partial charge < -0.3 is 15.0 Å². The van der Waals surface area contributed by atoms with Crippen LogP contribution in [0.3, 0.4) is 0 Å². The van der Waals surface area contributed by atoms with Gasteiger partial charge >= 0.3 is 0 Å². The van der Waals surface area contributed by atoms with Crippen LogP contribution in [0.1, 0.15) is 30.4 Å². The van der Waals surface area contributed by atoms with E-state index in [-0.39, 0.29) is 17.5 Å². The van der Waals surface area contributed by atoms with Gasteiger partial charge in [-0.3, -0.25) is 9.59 Å². The Morgan fingerprint density at radius 1 is 0.743 bits per heavy atom. The molecule has 0 radical (unpaired) electrons. The number of benzene rings is 3. The Hall–Kier alpha value is -4.06. The number of hydrogen-bond donors (Lipinski definition) is 1. The highest BCUT2D eigenvalue weighted by Crippen LogP contribution is 2.35. The molecule has 0 spiro atoms. The summed E-state index contributed by atoms with van der Waals surface area (Å²) in [5.41, 5.74) is 4.88.